The van der Waals surface area contributed by atoms with Gasteiger partial charge < -0.3 is 10.4 Å². The molecule has 94 valence electrons. The van der Waals surface area contributed by atoms with E-state index in [9.17, 15) is 18.3 Å². The Labute approximate surface area is 99.8 Å². The predicted octanol–water partition coefficient (Wildman–Crippen LogP) is 2.00. The van der Waals surface area contributed by atoms with E-state index in [2.05, 4.69) is 15.5 Å². The van der Waals surface area contributed by atoms with Gasteiger partial charge in [0.05, 0.1) is 0 Å². The first-order chi connectivity index (χ1) is 7.80. The molecule has 1 aliphatic carbocycles. The highest BCUT2D eigenvalue weighted by Gasteiger charge is 2.61. The van der Waals surface area contributed by atoms with Crippen LogP contribution >= 0.6 is 11.6 Å². The maximum Gasteiger partial charge on any atom is 0.417 e. The molecule has 1 aromatic rings. The van der Waals surface area contributed by atoms with Crippen LogP contribution in [0.3, 0.4) is 0 Å². The highest BCUT2D eigenvalue weighted by atomic mass is 35.5. The van der Waals surface area contributed by atoms with E-state index >= 15 is 0 Å². The van der Waals surface area contributed by atoms with Crippen LogP contribution in [0.25, 0.3) is 0 Å². The zero-order valence-electron chi connectivity index (χ0n) is 8.50. The van der Waals surface area contributed by atoms with Crippen LogP contribution in [0.2, 0.25) is 5.15 Å². The summed E-state index contributed by atoms with van der Waals surface area (Å²) in [4.78, 5) is 0. The average molecular weight is 268 g/mol. The lowest BCUT2D eigenvalue weighted by Gasteiger charge is -2.44. The number of alkyl halides is 3. The Kier molecular flexibility index (Phi) is 2.90. The summed E-state index contributed by atoms with van der Waals surface area (Å²) in [5.74, 6) is 0.337. The standard InChI is InChI=1S/C9H9ClF3N3O/c10-6-1-2-7(16-15-6)14-5-3-8(17,4-5)9(11,12)13/h1-2,5,17H,3-4H2,(H,14,16)/t5-,8+. The minimum Gasteiger partial charge on any atom is -0.380 e. The zero-order chi connectivity index (χ0) is 12.7. The van der Waals surface area contributed by atoms with Crippen molar-refractivity contribution in [3.63, 3.8) is 0 Å². The smallest absolute Gasteiger partial charge is 0.380 e. The van der Waals surface area contributed by atoms with Crippen LogP contribution in [0, 0.1) is 0 Å². The monoisotopic (exact) mass is 267 g/mol. The minimum atomic E-state index is -4.59. The summed E-state index contributed by atoms with van der Waals surface area (Å²) in [5, 5.41) is 19.4. The second kappa shape index (κ2) is 3.99. The first kappa shape index (κ1) is 12.4. The number of anilines is 1. The number of aliphatic hydroxyl groups is 1. The lowest BCUT2D eigenvalue weighted by molar-refractivity contribution is -0.288. The number of hydrogen-bond acceptors (Lipinski definition) is 4. The zero-order valence-corrected chi connectivity index (χ0v) is 9.26. The number of aromatic nitrogens is 2. The van der Waals surface area contributed by atoms with Crippen LogP contribution in [-0.2, 0) is 0 Å². The quantitative estimate of drug-likeness (QED) is 0.860. The van der Waals surface area contributed by atoms with Crippen molar-refractivity contribution < 1.29 is 18.3 Å². The maximum absolute atomic E-state index is 12.3. The van der Waals surface area contributed by atoms with Gasteiger partial charge >= 0.3 is 6.18 Å². The molecule has 17 heavy (non-hydrogen) atoms. The van der Waals surface area contributed by atoms with Crippen molar-refractivity contribution in [1.82, 2.24) is 10.2 Å². The molecule has 0 spiro atoms. The van der Waals surface area contributed by atoms with Crippen molar-refractivity contribution in [3.8, 4) is 0 Å². The third-order valence-electron chi connectivity index (χ3n) is 2.68. The van der Waals surface area contributed by atoms with Gasteiger partial charge in [0, 0.05) is 18.9 Å². The van der Waals surface area contributed by atoms with Gasteiger partial charge in [-0.1, -0.05) is 11.6 Å². The largest absolute Gasteiger partial charge is 0.417 e. The third kappa shape index (κ3) is 2.44. The highest BCUT2D eigenvalue weighted by Crippen LogP contribution is 2.45. The molecule has 1 saturated carbocycles. The first-order valence-corrected chi connectivity index (χ1v) is 5.23. The van der Waals surface area contributed by atoms with Crippen molar-refractivity contribution in [2.75, 3.05) is 5.32 Å². The van der Waals surface area contributed by atoms with Gasteiger partial charge in [0.1, 0.15) is 5.82 Å². The summed E-state index contributed by atoms with van der Waals surface area (Å²) in [6, 6.07) is 2.53. The van der Waals surface area contributed by atoms with Gasteiger partial charge in [-0.25, -0.2) is 0 Å². The molecule has 0 aliphatic heterocycles. The summed E-state index contributed by atoms with van der Waals surface area (Å²) in [7, 11) is 0. The van der Waals surface area contributed by atoms with Gasteiger partial charge in [0.25, 0.3) is 0 Å². The van der Waals surface area contributed by atoms with Gasteiger partial charge in [0.15, 0.2) is 10.8 Å². The molecule has 0 bridgehead atoms. The molecule has 1 heterocycles. The molecule has 4 nitrogen and oxygen atoms in total. The van der Waals surface area contributed by atoms with Crippen LogP contribution in [0.1, 0.15) is 12.8 Å². The van der Waals surface area contributed by atoms with Gasteiger partial charge in [-0.2, -0.15) is 13.2 Å². The fraction of sp³-hybridized carbons (Fsp3) is 0.556. The van der Waals surface area contributed by atoms with Crippen LogP contribution in [-0.4, -0.2) is 33.1 Å². The van der Waals surface area contributed by atoms with Crippen molar-refractivity contribution in [1.29, 1.82) is 0 Å². The van der Waals surface area contributed by atoms with Crippen LogP contribution in [0.5, 0.6) is 0 Å². The SMILES string of the molecule is O[C@]1(C(F)(F)F)C[C@H](Nc2ccc(Cl)nn2)C1. The number of halogens is 4. The Morgan fingerprint density at radius 3 is 2.47 bits per heavy atom. The molecule has 0 unspecified atom stereocenters. The van der Waals surface area contributed by atoms with E-state index in [0.717, 1.165) is 0 Å². The van der Waals surface area contributed by atoms with Crippen molar-refractivity contribution in [2.24, 2.45) is 0 Å². The molecule has 1 aliphatic rings. The molecule has 1 aromatic heterocycles. The molecule has 2 rings (SSSR count). The highest BCUT2D eigenvalue weighted by molar-refractivity contribution is 6.29. The second-order valence-corrected chi connectivity index (χ2v) is 4.41. The molecule has 2 N–H and O–H groups in total. The van der Waals surface area contributed by atoms with Gasteiger partial charge in [-0.05, 0) is 12.1 Å². The van der Waals surface area contributed by atoms with E-state index in [1.165, 1.54) is 12.1 Å². The van der Waals surface area contributed by atoms with E-state index in [4.69, 9.17) is 11.6 Å². The number of hydrogen-bond donors (Lipinski definition) is 2. The fourth-order valence-corrected chi connectivity index (χ4v) is 1.79. The van der Waals surface area contributed by atoms with E-state index in [1.807, 2.05) is 0 Å². The molecule has 0 aromatic carbocycles. The lowest BCUT2D eigenvalue weighted by atomic mass is 9.75. The predicted molar refractivity (Wildman–Crippen MR) is 54.7 cm³/mol. The molecule has 0 amide bonds. The molecule has 0 radical (unpaired) electrons. The Hall–Kier alpha value is -1.08. The summed E-state index contributed by atoms with van der Waals surface area (Å²) in [6.07, 6.45) is -5.36. The number of nitrogens with zero attached hydrogens (tertiary/aromatic N) is 2. The Morgan fingerprint density at radius 1 is 1.35 bits per heavy atom. The summed E-state index contributed by atoms with van der Waals surface area (Å²) in [6.45, 7) is 0. The summed E-state index contributed by atoms with van der Waals surface area (Å²) in [5.41, 5.74) is -2.58. The molecule has 0 atom stereocenters. The van der Waals surface area contributed by atoms with E-state index in [0.29, 0.717) is 5.82 Å². The maximum atomic E-state index is 12.3. The Bertz CT molecular complexity index is 403. The van der Waals surface area contributed by atoms with E-state index < -0.39 is 17.8 Å². The van der Waals surface area contributed by atoms with Gasteiger partial charge in [-0.15, -0.1) is 10.2 Å². The van der Waals surface area contributed by atoms with E-state index in [-0.39, 0.29) is 18.0 Å². The normalized spacial score (nSPS) is 28.6. The van der Waals surface area contributed by atoms with Crippen LogP contribution in [0.15, 0.2) is 12.1 Å². The topological polar surface area (TPSA) is 58.0 Å². The number of nitrogens with one attached hydrogen (secondary N) is 1. The molecular formula is C9H9ClF3N3O. The minimum absolute atomic E-state index is 0.205. The lowest BCUT2D eigenvalue weighted by Crippen LogP contribution is -2.59. The summed E-state index contributed by atoms with van der Waals surface area (Å²) < 4.78 is 37.0. The van der Waals surface area contributed by atoms with Crippen LogP contribution < -0.4 is 5.32 Å². The fourth-order valence-electron chi connectivity index (χ4n) is 1.69. The van der Waals surface area contributed by atoms with Gasteiger partial charge in [-0.3, -0.25) is 0 Å². The van der Waals surface area contributed by atoms with Crippen molar-refractivity contribution >= 4 is 17.4 Å². The Morgan fingerprint density at radius 2 is 2.00 bits per heavy atom. The van der Waals surface area contributed by atoms with Crippen molar-refractivity contribution in [2.45, 2.75) is 30.7 Å². The number of rotatable bonds is 2. The molecule has 8 heteroatoms. The Balaban J connectivity index is 1.91. The van der Waals surface area contributed by atoms with E-state index in [1.54, 1.807) is 0 Å². The van der Waals surface area contributed by atoms with Gasteiger partial charge in [0.2, 0.25) is 0 Å². The average Bonchev–Trinajstić information content (AvgIpc) is 2.17. The second-order valence-electron chi connectivity index (χ2n) is 4.02. The molecule has 0 saturated heterocycles. The first-order valence-electron chi connectivity index (χ1n) is 4.85. The molecular weight excluding hydrogens is 259 g/mol. The van der Waals surface area contributed by atoms with Crippen LogP contribution in [0.4, 0.5) is 19.0 Å². The van der Waals surface area contributed by atoms with Crippen molar-refractivity contribution in [3.05, 3.63) is 17.3 Å². The third-order valence-corrected chi connectivity index (χ3v) is 2.88. The summed E-state index contributed by atoms with van der Waals surface area (Å²) >= 11 is 5.51. The molecule has 1 fully saturated rings.